The van der Waals surface area contributed by atoms with E-state index in [4.69, 9.17) is 4.74 Å². The lowest BCUT2D eigenvalue weighted by molar-refractivity contribution is -0.124. The fraction of sp³-hybridized carbons (Fsp3) is 0.235. The molecule has 21 heavy (non-hydrogen) atoms. The maximum absolute atomic E-state index is 11.8. The molecule has 0 bridgehead atoms. The Morgan fingerprint density at radius 3 is 2.29 bits per heavy atom. The van der Waals surface area contributed by atoms with E-state index in [2.05, 4.69) is 5.32 Å². The normalized spacial score (nSPS) is 13.2. The smallest absolute Gasteiger partial charge is 0.258 e. The standard InChI is InChI=1S/C17H19NO3/c1-13(17(20)14-8-4-2-5-9-14)18-16(19)12-21-15-10-6-3-7-11-15/h2-11,13,17,20H,12H2,1H3,(H,18,19)/t13-,17-/m0/s1. The molecule has 2 atom stereocenters. The first-order valence-electron chi connectivity index (χ1n) is 6.87. The van der Waals surface area contributed by atoms with Gasteiger partial charge < -0.3 is 15.2 Å². The zero-order valence-corrected chi connectivity index (χ0v) is 11.9. The predicted molar refractivity (Wildman–Crippen MR) is 80.9 cm³/mol. The summed E-state index contributed by atoms with van der Waals surface area (Å²) in [6.07, 6.45) is -0.744. The Labute approximate surface area is 124 Å². The number of nitrogens with one attached hydrogen (secondary N) is 1. The van der Waals surface area contributed by atoms with Gasteiger partial charge in [-0.25, -0.2) is 0 Å². The van der Waals surface area contributed by atoms with Gasteiger partial charge in [-0.15, -0.1) is 0 Å². The molecule has 0 fully saturated rings. The molecule has 0 saturated heterocycles. The zero-order chi connectivity index (χ0) is 15.1. The molecule has 0 aliphatic carbocycles. The first kappa shape index (κ1) is 15.1. The molecule has 0 saturated carbocycles. The van der Waals surface area contributed by atoms with Crippen LogP contribution in [0.15, 0.2) is 60.7 Å². The Morgan fingerprint density at radius 2 is 1.67 bits per heavy atom. The van der Waals surface area contributed by atoms with Crippen LogP contribution in [-0.4, -0.2) is 23.7 Å². The van der Waals surface area contributed by atoms with Crippen LogP contribution in [0.4, 0.5) is 0 Å². The highest BCUT2D eigenvalue weighted by atomic mass is 16.5. The van der Waals surface area contributed by atoms with Gasteiger partial charge in [0.2, 0.25) is 0 Å². The summed E-state index contributed by atoms with van der Waals surface area (Å²) >= 11 is 0. The van der Waals surface area contributed by atoms with Crippen LogP contribution in [-0.2, 0) is 4.79 Å². The average Bonchev–Trinajstić information content (AvgIpc) is 2.54. The molecule has 4 nitrogen and oxygen atoms in total. The van der Waals surface area contributed by atoms with Gasteiger partial charge in [-0.1, -0.05) is 48.5 Å². The Kier molecular flexibility index (Phi) is 5.35. The fourth-order valence-corrected chi connectivity index (χ4v) is 1.98. The highest BCUT2D eigenvalue weighted by molar-refractivity contribution is 5.77. The Bertz CT molecular complexity index is 557. The summed E-state index contributed by atoms with van der Waals surface area (Å²) in [6.45, 7) is 1.69. The van der Waals surface area contributed by atoms with Crippen LogP contribution in [0.2, 0.25) is 0 Å². The first-order chi connectivity index (χ1) is 10.2. The van der Waals surface area contributed by atoms with Crippen LogP contribution in [0, 0.1) is 0 Å². The largest absolute Gasteiger partial charge is 0.484 e. The predicted octanol–water partition coefficient (Wildman–Crippen LogP) is 2.30. The number of aliphatic hydroxyl groups is 1. The van der Waals surface area contributed by atoms with Crippen molar-refractivity contribution in [3.63, 3.8) is 0 Å². The molecular formula is C17H19NO3. The van der Waals surface area contributed by atoms with Gasteiger partial charge in [-0.05, 0) is 24.6 Å². The van der Waals surface area contributed by atoms with Crippen LogP contribution in [0.25, 0.3) is 0 Å². The van der Waals surface area contributed by atoms with Gasteiger partial charge in [-0.3, -0.25) is 4.79 Å². The lowest BCUT2D eigenvalue weighted by Crippen LogP contribution is -2.39. The molecule has 2 rings (SSSR count). The summed E-state index contributed by atoms with van der Waals surface area (Å²) in [4.78, 5) is 11.8. The van der Waals surface area contributed by atoms with E-state index in [9.17, 15) is 9.90 Å². The maximum atomic E-state index is 11.8. The van der Waals surface area contributed by atoms with Gasteiger partial charge >= 0.3 is 0 Å². The second-order valence-electron chi connectivity index (χ2n) is 4.81. The summed E-state index contributed by atoms with van der Waals surface area (Å²) in [5.41, 5.74) is 0.772. The molecule has 0 radical (unpaired) electrons. The molecule has 0 aromatic heterocycles. The van der Waals surface area contributed by atoms with Crippen molar-refractivity contribution in [3.8, 4) is 5.75 Å². The summed E-state index contributed by atoms with van der Waals surface area (Å²) in [5, 5.41) is 12.9. The number of amides is 1. The van der Waals surface area contributed by atoms with Crippen molar-refractivity contribution < 1.29 is 14.6 Å². The van der Waals surface area contributed by atoms with Gasteiger partial charge in [0.05, 0.1) is 12.1 Å². The molecule has 2 N–H and O–H groups in total. The summed E-state index contributed by atoms with van der Waals surface area (Å²) < 4.78 is 5.36. The molecule has 0 aliphatic rings. The van der Waals surface area contributed by atoms with Crippen molar-refractivity contribution in [2.45, 2.75) is 19.1 Å². The van der Waals surface area contributed by atoms with Crippen molar-refractivity contribution in [1.29, 1.82) is 0 Å². The molecule has 110 valence electrons. The van der Waals surface area contributed by atoms with Crippen LogP contribution < -0.4 is 10.1 Å². The molecule has 0 spiro atoms. The number of ether oxygens (including phenoxy) is 1. The van der Waals surface area contributed by atoms with Crippen molar-refractivity contribution in [3.05, 3.63) is 66.2 Å². The third-order valence-electron chi connectivity index (χ3n) is 3.12. The highest BCUT2D eigenvalue weighted by Crippen LogP contribution is 2.16. The Balaban J connectivity index is 1.82. The van der Waals surface area contributed by atoms with E-state index >= 15 is 0 Å². The number of carbonyl (C=O) groups excluding carboxylic acids is 1. The number of para-hydroxylation sites is 1. The molecule has 0 unspecified atom stereocenters. The number of aliphatic hydroxyl groups excluding tert-OH is 1. The molecule has 0 aliphatic heterocycles. The lowest BCUT2D eigenvalue weighted by atomic mass is 10.0. The third-order valence-corrected chi connectivity index (χ3v) is 3.12. The minimum absolute atomic E-state index is 0.0735. The van der Waals surface area contributed by atoms with Gasteiger partial charge in [0.25, 0.3) is 5.91 Å². The second-order valence-corrected chi connectivity index (χ2v) is 4.81. The number of hydrogen-bond acceptors (Lipinski definition) is 3. The van der Waals surface area contributed by atoms with E-state index in [1.807, 2.05) is 48.5 Å². The third kappa shape index (κ3) is 4.61. The molecule has 4 heteroatoms. The van der Waals surface area contributed by atoms with Crippen LogP contribution in [0.3, 0.4) is 0 Å². The van der Waals surface area contributed by atoms with Gasteiger partial charge in [0.1, 0.15) is 5.75 Å². The molecule has 2 aromatic rings. The number of benzene rings is 2. The topological polar surface area (TPSA) is 58.6 Å². The van der Waals surface area contributed by atoms with E-state index in [0.717, 1.165) is 5.56 Å². The Morgan fingerprint density at radius 1 is 1.10 bits per heavy atom. The van der Waals surface area contributed by atoms with E-state index in [-0.39, 0.29) is 18.6 Å². The van der Waals surface area contributed by atoms with Gasteiger partial charge in [-0.2, -0.15) is 0 Å². The molecular weight excluding hydrogens is 266 g/mol. The number of rotatable bonds is 6. The summed E-state index contributed by atoms with van der Waals surface area (Å²) in [5.74, 6) is 0.380. The average molecular weight is 285 g/mol. The summed E-state index contributed by atoms with van der Waals surface area (Å²) in [6, 6.07) is 18.0. The zero-order valence-electron chi connectivity index (χ0n) is 11.9. The summed E-state index contributed by atoms with van der Waals surface area (Å²) in [7, 11) is 0. The quantitative estimate of drug-likeness (QED) is 0.856. The first-order valence-corrected chi connectivity index (χ1v) is 6.87. The van der Waals surface area contributed by atoms with Crippen LogP contribution in [0.5, 0.6) is 5.75 Å². The minimum atomic E-state index is -0.744. The monoisotopic (exact) mass is 285 g/mol. The van der Waals surface area contributed by atoms with E-state index in [1.54, 1.807) is 19.1 Å². The number of carbonyl (C=O) groups is 1. The van der Waals surface area contributed by atoms with Crippen LogP contribution >= 0.6 is 0 Å². The lowest BCUT2D eigenvalue weighted by Gasteiger charge is -2.20. The number of hydrogen-bond donors (Lipinski definition) is 2. The molecule has 2 aromatic carbocycles. The van der Waals surface area contributed by atoms with Crippen molar-refractivity contribution in [2.24, 2.45) is 0 Å². The minimum Gasteiger partial charge on any atom is -0.484 e. The SMILES string of the molecule is C[C@H](NC(=O)COc1ccccc1)[C@H](O)c1ccccc1. The van der Waals surface area contributed by atoms with Gasteiger partial charge in [0.15, 0.2) is 6.61 Å². The van der Waals surface area contributed by atoms with Crippen molar-refractivity contribution in [1.82, 2.24) is 5.32 Å². The fourth-order valence-electron chi connectivity index (χ4n) is 1.98. The molecule has 1 amide bonds. The Hall–Kier alpha value is -2.33. The van der Waals surface area contributed by atoms with E-state index < -0.39 is 6.10 Å². The van der Waals surface area contributed by atoms with Crippen molar-refractivity contribution >= 4 is 5.91 Å². The van der Waals surface area contributed by atoms with Crippen molar-refractivity contribution in [2.75, 3.05) is 6.61 Å². The maximum Gasteiger partial charge on any atom is 0.258 e. The van der Waals surface area contributed by atoms with E-state index in [1.165, 1.54) is 0 Å². The van der Waals surface area contributed by atoms with Crippen LogP contribution in [0.1, 0.15) is 18.6 Å². The highest BCUT2D eigenvalue weighted by Gasteiger charge is 2.18. The molecule has 0 heterocycles. The van der Waals surface area contributed by atoms with E-state index in [0.29, 0.717) is 5.75 Å². The van der Waals surface area contributed by atoms with Gasteiger partial charge in [0, 0.05) is 0 Å². The second kappa shape index (κ2) is 7.45.